The summed E-state index contributed by atoms with van der Waals surface area (Å²) >= 11 is 0. The smallest absolute Gasteiger partial charge is 0.00247 e. The van der Waals surface area contributed by atoms with Gasteiger partial charge in [-0.3, -0.25) is 0 Å². The van der Waals surface area contributed by atoms with E-state index in [0.717, 1.165) is 0 Å². The van der Waals surface area contributed by atoms with Gasteiger partial charge in [-0.25, -0.2) is 0 Å². The van der Waals surface area contributed by atoms with E-state index in [1.807, 2.05) is 0 Å². The average molecular weight is 193 g/mol. The number of unbranched alkanes of at least 4 members (excludes halogenated alkanes) is 1. The third-order valence-corrected chi connectivity index (χ3v) is 2.89. The van der Waals surface area contributed by atoms with Gasteiger partial charge in [-0.05, 0) is 59.7 Å². The van der Waals surface area contributed by atoms with Crippen LogP contribution < -0.4 is 0 Å². The highest BCUT2D eigenvalue weighted by Gasteiger charge is 2.04. The Kier molecular flexibility index (Phi) is 4.95. The van der Waals surface area contributed by atoms with Crippen LogP contribution in [0, 0.1) is 0 Å². The molecule has 0 fully saturated rings. The molecule has 0 amide bonds. The fraction of sp³-hybridized carbons (Fsp3) is 0.692. The number of nitrogens with zero attached hydrogens (tertiary/aromatic N) is 1. The molecule has 0 heterocycles. The maximum absolute atomic E-state index is 2.31. The minimum atomic E-state index is 1.18. The third-order valence-electron chi connectivity index (χ3n) is 2.89. The lowest BCUT2D eigenvalue weighted by molar-refractivity contribution is 0.394. The second kappa shape index (κ2) is 6.02. The zero-order valence-corrected chi connectivity index (χ0v) is 9.84. The van der Waals surface area contributed by atoms with Gasteiger partial charge in [0.15, 0.2) is 0 Å². The van der Waals surface area contributed by atoms with Crippen molar-refractivity contribution in [3.8, 4) is 0 Å². The first kappa shape index (κ1) is 11.5. The van der Waals surface area contributed by atoms with Crippen LogP contribution in [-0.2, 0) is 0 Å². The monoisotopic (exact) mass is 193 g/mol. The van der Waals surface area contributed by atoms with E-state index in [-0.39, 0.29) is 0 Å². The predicted octanol–water partition coefficient (Wildman–Crippen LogP) is 3.38. The Balaban J connectivity index is 2.17. The van der Waals surface area contributed by atoms with Crippen LogP contribution in [0.25, 0.3) is 0 Å². The minimum Gasteiger partial charge on any atom is -0.309 e. The van der Waals surface area contributed by atoms with Crippen LogP contribution in [-0.4, -0.2) is 25.5 Å². The molecule has 1 aliphatic carbocycles. The van der Waals surface area contributed by atoms with Crippen LogP contribution in [0.3, 0.4) is 0 Å². The normalized spacial score (nSPS) is 16.9. The van der Waals surface area contributed by atoms with Crippen LogP contribution in [0.2, 0.25) is 0 Å². The first-order valence-electron chi connectivity index (χ1n) is 5.67. The lowest BCUT2D eigenvalue weighted by Gasteiger charge is -2.14. The maximum atomic E-state index is 2.31. The topological polar surface area (TPSA) is 3.24 Å². The van der Waals surface area contributed by atoms with Crippen LogP contribution in [0.4, 0.5) is 0 Å². The van der Waals surface area contributed by atoms with Gasteiger partial charge in [-0.15, -0.1) is 0 Å². The van der Waals surface area contributed by atoms with Crippen LogP contribution in [0.1, 0.15) is 39.0 Å². The molecule has 0 bridgehead atoms. The van der Waals surface area contributed by atoms with Crippen LogP contribution in [0.5, 0.6) is 0 Å². The van der Waals surface area contributed by atoms with E-state index in [9.17, 15) is 0 Å². The SMILES string of the molecule is CC1=C(CCCCN(C)C)CC=CC1. The molecular weight excluding hydrogens is 170 g/mol. The summed E-state index contributed by atoms with van der Waals surface area (Å²) in [6.45, 7) is 3.51. The number of rotatable bonds is 5. The minimum absolute atomic E-state index is 1.18. The summed E-state index contributed by atoms with van der Waals surface area (Å²) in [6, 6.07) is 0. The third kappa shape index (κ3) is 4.10. The van der Waals surface area contributed by atoms with Crippen molar-refractivity contribution < 1.29 is 0 Å². The van der Waals surface area contributed by atoms with E-state index in [2.05, 4.69) is 38.1 Å². The molecule has 0 spiro atoms. The fourth-order valence-corrected chi connectivity index (χ4v) is 1.89. The summed E-state index contributed by atoms with van der Waals surface area (Å²) in [7, 11) is 4.29. The summed E-state index contributed by atoms with van der Waals surface area (Å²) in [5, 5.41) is 0. The van der Waals surface area contributed by atoms with Gasteiger partial charge in [-0.2, -0.15) is 0 Å². The molecule has 0 aliphatic heterocycles. The molecule has 1 nitrogen and oxygen atoms in total. The van der Waals surface area contributed by atoms with Crippen LogP contribution in [0.15, 0.2) is 23.3 Å². The zero-order valence-electron chi connectivity index (χ0n) is 9.84. The molecule has 1 aliphatic rings. The van der Waals surface area contributed by atoms with E-state index in [1.165, 1.54) is 38.6 Å². The van der Waals surface area contributed by atoms with E-state index in [0.29, 0.717) is 0 Å². The van der Waals surface area contributed by atoms with Crippen molar-refractivity contribution >= 4 is 0 Å². The highest BCUT2D eigenvalue weighted by atomic mass is 15.0. The van der Waals surface area contributed by atoms with Gasteiger partial charge in [0.1, 0.15) is 0 Å². The van der Waals surface area contributed by atoms with Crippen molar-refractivity contribution in [1.29, 1.82) is 0 Å². The highest BCUT2D eigenvalue weighted by Crippen LogP contribution is 2.23. The van der Waals surface area contributed by atoms with Gasteiger partial charge in [0, 0.05) is 0 Å². The molecule has 0 aromatic heterocycles. The molecule has 0 saturated carbocycles. The van der Waals surface area contributed by atoms with Gasteiger partial charge in [0.25, 0.3) is 0 Å². The number of hydrogen-bond donors (Lipinski definition) is 0. The summed E-state index contributed by atoms with van der Waals surface area (Å²) in [5.41, 5.74) is 3.30. The Bertz CT molecular complexity index is 223. The Morgan fingerprint density at radius 3 is 2.50 bits per heavy atom. The predicted molar refractivity (Wildman–Crippen MR) is 63.5 cm³/mol. The first-order chi connectivity index (χ1) is 6.70. The second-order valence-corrected chi connectivity index (χ2v) is 4.52. The summed E-state index contributed by atoms with van der Waals surface area (Å²) in [5.74, 6) is 0. The lowest BCUT2D eigenvalue weighted by Crippen LogP contribution is -2.12. The Morgan fingerprint density at radius 1 is 1.14 bits per heavy atom. The zero-order chi connectivity index (χ0) is 10.4. The van der Waals surface area contributed by atoms with Crippen molar-refractivity contribution in [1.82, 2.24) is 4.90 Å². The van der Waals surface area contributed by atoms with Gasteiger partial charge in [0.05, 0.1) is 0 Å². The Morgan fingerprint density at radius 2 is 1.86 bits per heavy atom. The number of allylic oxidation sites excluding steroid dienone is 4. The molecule has 0 atom stereocenters. The quantitative estimate of drug-likeness (QED) is 0.478. The fourth-order valence-electron chi connectivity index (χ4n) is 1.89. The highest BCUT2D eigenvalue weighted by molar-refractivity contribution is 5.22. The molecule has 0 unspecified atom stereocenters. The van der Waals surface area contributed by atoms with Crippen molar-refractivity contribution in [2.75, 3.05) is 20.6 Å². The average Bonchev–Trinajstić information content (AvgIpc) is 2.15. The molecule has 1 heteroatoms. The van der Waals surface area contributed by atoms with E-state index in [1.54, 1.807) is 11.1 Å². The first-order valence-corrected chi connectivity index (χ1v) is 5.67. The number of hydrogen-bond acceptors (Lipinski definition) is 1. The lowest BCUT2D eigenvalue weighted by atomic mass is 9.94. The summed E-state index contributed by atoms with van der Waals surface area (Å²) < 4.78 is 0. The standard InChI is InChI=1S/C13H23N/c1-12-8-4-5-9-13(12)10-6-7-11-14(2)3/h4-5H,6-11H2,1-3H3. The maximum Gasteiger partial charge on any atom is -0.00247 e. The molecule has 14 heavy (non-hydrogen) atoms. The molecule has 80 valence electrons. The molecule has 0 aromatic rings. The van der Waals surface area contributed by atoms with Gasteiger partial charge < -0.3 is 4.90 Å². The summed E-state index contributed by atoms with van der Waals surface area (Å²) in [6.07, 6.45) is 11.0. The molecule has 0 radical (unpaired) electrons. The van der Waals surface area contributed by atoms with E-state index >= 15 is 0 Å². The van der Waals surface area contributed by atoms with E-state index in [4.69, 9.17) is 0 Å². The molecular formula is C13H23N. The van der Waals surface area contributed by atoms with Crippen molar-refractivity contribution in [3.05, 3.63) is 23.3 Å². The van der Waals surface area contributed by atoms with Crippen molar-refractivity contribution in [2.24, 2.45) is 0 Å². The molecule has 0 saturated heterocycles. The van der Waals surface area contributed by atoms with Gasteiger partial charge in [-0.1, -0.05) is 23.3 Å². The van der Waals surface area contributed by atoms with Gasteiger partial charge >= 0.3 is 0 Å². The Labute approximate surface area is 88.5 Å². The molecule has 0 N–H and O–H groups in total. The molecule has 0 aromatic carbocycles. The van der Waals surface area contributed by atoms with Gasteiger partial charge in [0.2, 0.25) is 0 Å². The van der Waals surface area contributed by atoms with Crippen LogP contribution >= 0.6 is 0 Å². The van der Waals surface area contributed by atoms with Crippen molar-refractivity contribution in [3.63, 3.8) is 0 Å². The Hall–Kier alpha value is -0.560. The largest absolute Gasteiger partial charge is 0.309 e. The summed E-state index contributed by atoms with van der Waals surface area (Å²) in [4.78, 5) is 2.27. The second-order valence-electron chi connectivity index (χ2n) is 4.52. The van der Waals surface area contributed by atoms with Crippen molar-refractivity contribution in [2.45, 2.75) is 39.0 Å². The molecule has 1 rings (SSSR count). The van der Waals surface area contributed by atoms with E-state index < -0.39 is 0 Å².